The molecule has 0 bridgehead atoms. The number of nitrogens with zero attached hydrogens (tertiary/aromatic N) is 3. The highest BCUT2D eigenvalue weighted by atomic mass is 16.6. The Hall–Kier alpha value is -3.28. The maximum absolute atomic E-state index is 10.9. The van der Waals surface area contributed by atoms with Crippen LogP contribution in [0.25, 0.3) is 32.8 Å². The lowest BCUT2D eigenvalue weighted by Crippen LogP contribution is -1.92. The van der Waals surface area contributed by atoms with Crippen molar-refractivity contribution < 1.29 is 10.0 Å². The van der Waals surface area contributed by atoms with Crippen molar-refractivity contribution in [2.75, 3.05) is 0 Å². The number of non-ortho nitro benzene ring substituents is 1. The number of aromatic nitrogens is 2. The fourth-order valence-electron chi connectivity index (χ4n) is 2.59. The molecule has 3 aromatic carbocycles. The van der Waals surface area contributed by atoms with Gasteiger partial charge in [0.1, 0.15) is 5.75 Å². The second kappa shape index (κ2) is 4.36. The summed E-state index contributed by atoms with van der Waals surface area (Å²) in [7, 11) is 0. The Balaban J connectivity index is 2.16. The van der Waals surface area contributed by atoms with Gasteiger partial charge in [-0.15, -0.1) is 0 Å². The van der Waals surface area contributed by atoms with Crippen molar-refractivity contribution in [3.63, 3.8) is 0 Å². The SMILES string of the molecule is O=[N+]([O-])c1ccc2nc3cc(O)c4ccccc4c3nc2c1. The summed E-state index contributed by atoms with van der Waals surface area (Å²) in [6.07, 6.45) is 0. The lowest BCUT2D eigenvalue weighted by Gasteiger charge is -2.06. The van der Waals surface area contributed by atoms with E-state index in [1.165, 1.54) is 12.1 Å². The van der Waals surface area contributed by atoms with Gasteiger partial charge in [-0.1, -0.05) is 24.3 Å². The van der Waals surface area contributed by atoms with Gasteiger partial charge in [0.25, 0.3) is 5.69 Å². The molecule has 0 aliphatic carbocycles. The second-order valence-electron chi connectivity index (χ2n) is 4.96. The summed E-state index contributed by atoms with van der Waals surface area (Å²) < 4.78 is 0. The van der Waals surface area contributed by atoms with Crippen LogP contribution in [0.15, 0.2) is 48.5 Å². The quantitative estimate of drug-likeness (QED) is 0.251. The van der Waals surface area contributed by atoms with Crippen molar-refractivity contribution in [2.24, 2.45) is 0 Å². The summed E-state index contributed by atoms with van der Waals surface area (Å²) in [6, 6.07) is 13.2. The monoisotopic (exact) mass is 291 g/mol. The second-order valence-corrected chi connectivity index (χ2v) is 4.96. The number of phenolic OH excluding ortho intramolecular Hbond substituents is 1. The van der Waals surface area contributed by atoms with Gasteiger partial charge in [0.05, 0.1) is 27.0 Å². The molecule has 0 spiro atoms. The number of phenols is 1. The van der Waals surface area contributed by atoms with Gasteiger partial charge >= 0.3 is 0 Å². The maximum atomic E-state index is 10.9. The number of hydrogen-bond donors (Lipinski definition) is 1. The topological polar surface area (TPSA) is 89.2 Å². The van der Waals surface area contributed by atoms with Crippen molar-refractivity contribution in [1.82, 2.24) is 9.97 Å². The van der Waals surface area contributed by atoms with Crippen LogP contribution in [-0.4, -0.2) is 20.0 Å². The standard InChI is InChI=1S/C16H9N3O3/c20-15-8-14-16(11-4-2-1-3-10(11)15)18-13-7-9(19(21)22)5-6-12(13)17-14/h1-8,20H. The summed E-state index contributed by atoms with van der Waals surface area (Å²) in [5, 5.41) is 22.4. The fraction of sp³-hybridized carbons (Fsp3) is 0. The molecule has 6 nitrogen and oxygen atoms in total. The Morgan fingerprint density at radius 3 is 2.45 bits per heavy atom. The molecule has 0 aliphatic rings. The van der Waals surface area contributed by atoms with E-state index in [1.54, 1.807) is 18.2 Å². The normalized spacial score (nSPS) is 11.3. The molecule has 0 fully saturated rings. The predicted molar refractivity (Wildman–Crippen MR) is 82.9 cm³/mol. The number of aromatic hydroxyl groups is 1. The number of nitro groups is 1. The van der Waals surface area contributed by atoms with Crippen LogP contribution in [-0.2, 0) is 0 Å². The van der Waals surface area contributed by atoms with Gasteiger partial charge in [-0.05, 0) is 6.07 Å². The van der Waals surface area contributed by atoms with Crippen LogP contribution in [0.3, 0.4) is 0 Å². The van der Waals surface area contributed by atoms with Crippen LogP contribution in [0, 0.1) is 10.1 Å². The summed E-state index contributed by atoms with van der Waals surface area (Å²) in [5.41, 5.74) is 2.15. The van der Waals surface area contributed by atoms with E-state index in [0.717, 1.165) is 5.39 Å². The highest BCUT2D eigenvalue weighted by Gasteiger charge is 2.12. The van der Waals surface area contributed by atoms with Crippen LogP contribution >= 0.6 is 0 Å². The number of hydrogen-bond acceptors (Lipinski definition) is 5. The van der Waals surface area contributed by atoms with Crippen LogP contribution in [0.1, 0.15) is 0 Å². The third-order valence-electron chi connectivity index (χ3n) is 3.62. The van der Waals surface area contributed by atoms with Gasteiger partial charge in [0, 0.05) is 29.0 Å². The van der Waals surface area contributed by atoms with E-state index in [9.17, 15) is 15.2 Å². The van der Waals surface area contributed by atoms with Crippen molar-refractivity contribution in [3.05, 3.63) is 58.6 Å². The van der Waals surface area contributed by atoms with Crippen LogP contribution < -0.4 is 0 Å². The van der Waals surface area contributed by atoms with E-state index in [1.807, 2.05) is 18.2 Å². The zero-order valence-electron chi connectivity index (χ0n) is 11.2. The maximum Gasteiger partial charge on any atom is 0.271 e. The molecule has 0 atom stereocenters. The minimum absolute atomic E-state index is 0.0239. The van der Waals surface area contributed by atoms with Crippen molar-refractivity contribution in [3.8, 4) is 5.75 Å². The van der Waals surface area contributed by atoms with E-state index >= 15 is 0 Å². The lowest BCUT2D eigenvalue weighted by atomic mass is 10.1. The van der Waals surface area contributed by atoms with E-state index in [4.69, 9.17) is 0 Å². The molecule has 0 amide bonds. The zero-order valence-corrected chi connectivity index (χ0v) is 11.2. The summed E-state index contributed by atoms with van der Waals surface area (Å²) in [6.45, 7) is 0. The summed E-state index contributed by atoms with van der Waals surface area (Å²) in [5.74, 6) is 0.138. The van der Waals surface area contributed by atoms with E-state index in [2.05, 4.69) is 9.97 Å². The Labute approximate surface area is 123 Å². The van der Waals surface area contributed by atoms with Gasteiger partial charge in [-0.25, -0.2) is 9.97 Å². The smallest absolute Gasteiger partial charge is 0.271 e. The molecular formula is C16H9N3O3. The molecule has 6 heteroatoms. The van der Waals surface area contributed by atoms with E-state index in [-0.39, 0.29) is 11.4 Å². The molecule has 4 aromatic rings. The highest BCUT2D eigenvalue weighted by molar-refractivity contribution is 6.08. The average molecular weight is 291 g/mol. The number of benzene rings is 3. The van der Waals surface area contributed by atoms with Crippen LogP contribution in [0.4, 0.5) is 5.69 Å². The van der Waals surface area contributed by atoms with Gasteiger partial charge in [0.15, 0.2) is 0 Å². The molecule has 1 aromatic heterocycles. The Morgan fingerprint density at radius 1 is 0.909 bits per heavy atom. The third-order valence-corrected chi connectivity index (χ3v) is 3.62. The molecule has 0 aliphatic heterocycles. The zero-order chi connectivity index (χ0) is 15.3. The number of rotatable bonds is 1. The fourth-order valence-corrected chi connectivity index (χ4v) is 2.59. The molecule has 4 rings (SSSR count). The van der Waals surface area contributed by atoms with Crippen LogP contribution in [0.2, 0.25) is 0 Å². The minimum atomic E-state index is -0.458. The molecule has 106 valence electrons. The lowest BCUT2D eigenvalue weighted by molar-refractivity contribution is -0.384. The third kappa shape index (κ3) is 1.74. The van der Waals surface area contributed by atoms with Gasteiger partial charge in [-0.3, -0.25) is 10.1 Å². The molecule has 1 N–H and O–H groups in total. The first kappa shape index (κ1) is 12.5. The molecule has 0 unspecified atom stereocenters. The van der Waals surface area contributed by atoms with Crippen molar-refractivity contribution in [1.29, 1.82) is 0 Å². The largest absolute Gasteiger partial charge is 0.507 e. The molecular weight excluding hydrogens is 282 g/mol. The van der Waals surface area contributed by atoms with E-state index in [0.29, 0.717) is 27.5 Å². The molecule has 1 heterocycles. The number of nitro benzene ring substituents is 1. The summed E-state index contributed by atoms with van der Waals surface area (Å²) in [4.78, 5) is 19.4. The van der Waals surface area contributed by atoms with Crippen molar-refractivity contribution in [2.45, 2.75) is 0 Å². The number of fused-ring (bicyclic) bond motifs is 4. The van der Waals surface area contributed by atoms with Gasteiger partial charge in [0.2, 0.25) is 0 Å². The minimum Gasteiger partial charge on any atom is -0.507 e. The highest BCUT2D eigenvalue weighted by Crippen LogP contribution is 2.32. The molecule has 22 heavy (non-hydrogen) atoms. The first-order chi connectivity index (χ1) is 10.6. The first-order valence-electron chi connectivity index (χ1n) is 6.60. The average Bonchev–Trinajstić information content (AvgIpc) is 2.53. The Kier molecular flexibility index (Phi) is 2.47. The van der Waals surface area contributed by atoms with Crippen molar-refractivity contribution >= 4 is 38.5 Å². The van der Waals surface area contributed by atoms with Gasteiger partial charge in [-0.2, -0.15) is 0 Å². The molecule has 0 radical (unpaired) electrons. The first-order valence-corrected chi connectivity index (χ1v) is 6.60. The Morgan fingerprint density at radius 2 is 1.68 bits per heavy atom. The molecule has 0 saturated carbocycles. The van der Waals surface area contributed by atoms with E-state index < -0.39 is 4.92 Å². The predicted octanol–water partition coefficient (Wildman–Crippen LogP) is 3.55. The summed E-state index contributed by atoms with van der Waals surface area (Å²) >= 11 is 0. The van der Waals surface area contributed by atoms with Gasteiger partial charge < -0.3 is 5.11 Å². The Bertz CT molecular complexity index is 1080. The van der Waals surface area contributed by atoms with Crippen LogP contribution in [0.5, 0.6) is 5.75 Å². The molecule has 0 saturated heterocycles.